The van der Waals surface area contributed by atoms with E-state index >= 15 is 0 Å². The summed E-state index contributed by atoms with van der Waals surface area (Å²) in [7, 11) is 0. The van der Waals surface area contributed by atoms with Crippen LogP contribution < -0.4 is 0 Å². The highest BCUT2D eigenvalue weighted by atomic mass is 14.4. The molecule has 0 spiro atoms. The van der Waals surface area contributed by atoms with Crippen LogP contribution in [0.5, 0.6) is 0 Å². The van der Waals surface area contributed by atoms with Gasteiger partial charge in [0.1, 0.15) is 0 Å². The quantitative estimate of drug-likeness (QED) is 0.579. The third kappa shape index (κ3) is 2.53. The van der Waals surface area contributed by atoms with Gasteiger partial charge in [0.05, 0.1) is 0 Å². The van der Waals surface area contributed by atoms with E-state index in [4.69, 9.17) is 0 Å². The van der Waals surface area contributed by atoms with Crippen molar-refractivity contribution < 1.29 is 0 Å². The van der Waals surface area contributed by atoms with E-state index in [9.17, 15) is 0 Å². The maximum atomic E-state index is 2.44. The fourth-order valence-corrected chi connectivity index (χ4v) is 3.23. The molecule has 1 saturated carbocycles. The molecule has 0 aliphatic heterocycles. The van der Waals surface area contributed by atoms with Crippen molar-refractivity contribution in [1.29, 1.82) is 0 Å². The van der Waals surface area contributed by atoms with Gasteiger partial charge >= 0.3 is 0 Å². The molecular formula is C15H24. The Morgan fingerprint density at radius 3 is 2.80 bits per heavy atom. The van der Waals surface area contributed by atoms with Gasteiger partial charge in [-0.1, -0.05) is 44.1 Å². The van der Waals surface area contributed by atoms with Crippen LogP contribution in [0.1, 0.15) is 52.4 Å². The van der Waals surface area contributed by atoms with Gasteiger partial charge in [-0.25, -0.2) is 0 Å². The zero-order valence-corrected chi connectivity index (χ0v) is 10.2. The first-order chi connectivity index (χ1) is 7.29. The van der Waals surface area contributed by atoms with Crippen molar-refractivity contribution in [2.24, 2.45) is 17.8 Å². The number of hydrogen-bond acceptors (Lipinski definition) is 0. The molecule has 0 aromatic carbocycles. The Morgan fingerprint density at radius 2 is 2.00 bits per heavy atom. The van der Waals surface area contributed by atoms with Gasteiger partial charge in [-0.05, 0) is 49.9 Å². The first kappa shape index (κ1) is 11.0. The summed E-state index contributed by atoms with van der Waals surface area (Å²) < 4.78 is 0. The summed E-state index contributed by atoms with van der Waals surface area (Å²) in [4.78, 5) is 0. The van der Waals surface area contributed by atoms with Crippen molar-refractivity contribution in [2.75, 3.05) is 0 Å². The highest BCUT2D eigenvalue weighted by molar-refractivity contribution is 5.22. The minimum absolute atomic E-state index is 0.829. The van der Waals surface area contributed by atoms with E-state index in [0.29, 0.717) is 0 Å². The van der Waals surface area contributed by atoms with Crippen molar-refractivity contribution in [2.45, 2.75) is 52.4 Å². The Hall–Kier alpha value is -0.520. The maximum absolute atomic E-state index is 2.44. The summed E-state index contributed by atoms with van der Waals surface area (Å²) in [5, 5.41) is 0. The average molecular weight is 204 g/mol. The summed E-state index contributed by atoms with van der Waals surface area (Å²) in [5.41, 5.74) is 1.77. The predicted molar refractivity (Wildman–Crippen MR) is 66.7 cm³/mol. The van der Waals surface area contributed by atoms with Gasteiger partial charge in [0.25, 0.3) is 0 Å². The summed E-state index contributed by atoms with van der Waals surface area (Å²) in [6.07, 6.45) is 15.5. The second-order valence-corrected chi connectivity index (χ2v) is 5.50. The van der Waals surface area contributed by atoms with Crippen molar-refractivity contribution in [1.82, 2.24) is 0 Å². The normalized spacial score (nSPS) is 37.4. The van der Waals surface area contributed by atoms with Crippen LogP contribution in [0.25, 0.3) is 0 Å². The minimum Gasteiger partial charge on any atom is -0.0845 e. The summed E-state index contributed by atoms with van der Waals surface area (Å²) >= 11 is 0. The summed E-state index contributed by atoms with van der Waals surface area (Å²) in [6, 6.07) is 0. The molecule has 0 radical (unpaired) electrons. The lowest BCUT2D eigenvalue weighted by molar-refractivity contribution is 0.451. The van der Waals surface area contributed by atoms with Crippen LogP contribution in [0.2, 0.25) is 0 Å². The van der Waals surface area contributed by atoms with Crippen LogP contribution in [-0.2, 0) is 0 Å². The molecule has 15 heavy (non-hydrogen) atoms. The largest absolute Gasteiger partial charge is 0.0845 e. The lowest BCUT2D eigenvalue weighted by atomic mass is 9.86. The average Bonchev–Trinajstić information content (AvgIpc) is 2.61. The van der Waals surface area contributed by atoms with E-state index < -0.39 is 0 Å². The minimum atomic E-state index is 0.829. The van der Waals surface area contributed by atoms with Crippen LogP contribution >= 0.6 is 0 Å². The highest BCUT2D eigenvalue weighted by Crippen LogP contribution is 2.43. The molecule has 84 valence electrons. The Bertz CT molecular complexity index is 257. The molecule has 0 bridgehead atoms. The molecule has 2 unspecified atom stereocenters. The predicted octanol–water partition coefficient (Wildman–Crippen LogP) is 4.73. The smallest absolute Gasteiger partial charge is 0.0174 e. The third-order valence-electron chi connectivity index (χ3n) is 4.13. The van der Waals surface area contributed by atoms with E-state index in [1.54, 1.807) is 5.57 Å². The molecular weight excluding hydrogens is 180 g/mol. The van der Waals surface area contributed by atoms with E-state index in [1.165, 1.54) is 38.5 Å². The fraction of sp³-hybridized carbons (Fsp3) is 0.733. The van der Waals surface area contributed by atoms with Gasteiger partial charge in [-0.15, -0.1) is 0 Å². The Labute approximate surface area is 94.5 Å². The van der Waals surface area contributed by atoms with Crippen LogP contribution in [0.15, 0.2) is 23.8 Å². The summed E-state index contributed by atoms with van der Waals surface area (Å²) in [6.45, 7) is 4.76. The molecule has 0 heteroatoms. The van der Waals surface area contributed by atoms with Gasteiger partial charge in [0, 0.05) is 0 Å². The first-order valence-electron chi connectivity index (χ1n) is 6.65. The third-order valence-corrected chi connectivity index (χ3v) is 4.13. The van der Waals surface area contributed by atoms with Gasteiger partial charge in [-0.2, -0.15) is 0 Å². The highest BCUT2D eigenvalue weighted by Gasteiger charge is 2.31. The number of fused-ring (bicyclic) bond motifs is 1. The topological polar surface area (TPSA) is 0 Å². The molecule has 2 aliphatic rings. The van der Waals surface area contributed by atoms with E-state index in [-0.39, 0.29) is 0 Å². The molecule has 0 aromatic rings. The number of hydrogen-bond donors (Lipinski definition) is 0. The number of rotatable bonds is 1. The Kier molecular flexibility index (Phi) is 3.66. The van der Waals surface area contributed by atoms with Crippen molar-refractivity contribution >= 4 is 0 Å². The van der Waals surface area contributed by atoms with Crippen LogP contribution in [0.4, 0.5) is 0 Å². The molecule has 0 saturated heterocycles. The van der Waals surface area contributed by atoms with E-state index in [1.807, 2.05) is 0 Å². The van der Waals surface area contributed by atoms with Crippen LogP contribution in [0.3, 0.4) is 0 Å². The molecule has 2 rings (SSSR count). The summed E-state index contributed by atoms with van der Waals surface area (Å²) in [5.74, 6) is 2.62. The molecule has 0 amide bonds. The van der Waals surface area contributed by atoms with Crippen LogP contribution in [0, 0.1) is 17.8 Å². The molecule has 0 aromatic heterocycles. The molecule has 2 atom stereocenters. The Balaban J connectivity index is 2.15. The van der Waals surface area contributed by atoms with E-state index in [2.05, 4.69) is 32.1 Å². The zero-order chi connectivity index (χ0) is 10.7. The molecule has 1 fully saturated rings. The zero-order valence-electron chi connectivity index (χ0n) is 10.2. The second-order valence-electron chi connectivity index (χ2n) is 5.50. The van der Waals surface area contributed by atoms with Gasteiger partial charge in [0.15, 0.2) is 0 Å². The number of allylic oxidation sites excluding steroid dienone is 4. The van der Waals surface area contributed by atoms with Crippen LogP contribution in [-0.4, -0.2) is 0 Å². The maximum Gasteiger partial charge on any atom is -0.0174 e. The molecule has 0 nitrogen and oxygen atoms in total. The SMILES string of the molecule is CC(C)C1CCC2CCCC/C=C\C=C/21. The second kappa shape index (κ2) is 5.01. The molecule has 2 aliphatic carbocycles. The monoisotopic (exact) mass is 204 g/mol. The Morgan fingerprint density at radius 1 is 1.13 bits per heavy atom. The van der Waals surface area contributed by atoms with Crippen molar-refractivity contribution in [3.8, 4) is 0 Å². The lowest BCUT2D eigenvalue weighted by Crippen LogP contribution is -2.08. The van der Waals surface area contributed by atoms with Crippen molar-refractivity contribution in [3.05, 3.63) is 23.8 Å². The standard InChI is InChI=1S/C15H24/c1-12(2)14-11-10-13-8-6-4-3-5-7-9-15(13)14/h5,7,9,12-14H,3-4,6,8,10-11H2,1-2H3/b7-5-,15-9+. The van der Waals surface area contributed by atoms with Crippen molar-refractivity contribution in [3.63, 3.8) is 0 Å². The molecule has 0 heterocycles. The molecule has 0 N–H and O–H groups in total. The van der Waals surface area contributed by atoms with Gasteiger partial charge < -0.3 is 0 Å². The lowest BCUT2D eigenvalue weighted by Gasteiger charge is -2.19. The first-order valence-corrected chi connectivity index (χ1v) is 6.65. The van der Waals surface area contributed by atoms with Gasteiger partial charge in [-0.3, -0.25) is 0 Å². The fourth-order valence-electron chi connectivity index (χ4n) is 3.23. The van der Waals surface area contributed by atoms with Gasteiger partial charge in [0.2, 0.25) is 0 Å². The van der Waals surface area contributed by atoms with E-state index in [0.717, 1.165) is 17.8 Å².